The molecule has 1 saturated heterocycles. The number of rotatable bonds is 4. The summed E-state index contributed by atoms with van der Waals surface area (Å²) in [5.74, 6) is -0.570. The van der Waals surface area contributed by atoms with Crippen molar-refractivity contribution in [2.45, 2.75) is 19.9 Å². The van der Waals surface area contributed by atoms with E-state index in [0.717, 1.165) is 11.1 Å². The molecule has 1 aliphatic rings. The van der Waals surface area contributed by atoms with Crippen LogP contribution >= 0.6 is 23.2 Å². The number of amides is 2. The molecule has 0 bridgehead atoms. The molecule has 6 heteroatoms. The Bertz CT molecular complexity index is 823. The van der Waals surface area contributed by atoms with Crippen LogP contribution in [0.5, 0.6) is 0 Å². The molecule has 25 heavy (non-hydrogen) atoms. The van der Waals surface area contributed by atoms with E-state index in [1.165, 1.54) is 0 Å². The van der Waals surface area contributed by atoms with Gasteiger partial charge in [0.05, 0.1) is 16.0 Å². The summed E-state index contributed by atoms with van der Waals surface area (Å²) in [7, 11) is 0. The average molecular weight is 377 g/mol. The Balaban J connectivity index is 1.64. The van der Waals surface area contributed by atoms with Crippen molar-refractivity contribution < 1.29 is 9.59 Å². The van der Waals surface area contributed by atoms with Crippen molar-refractivity contribution in [1.82, 2.24) is 5.32 Å². The van der Waals surface area contributed by atoms with Crippen molar-refractivity contribution in [3.05, 3.63) is 63.6 Å². The van der Waals surface area contributed by atoms with Gasteiger partial charge in [-0.2, -0.15) is 0 Å². The standard InChI is InChI=1S/C19H18Cl2N2O2/c1-12-4-2-3-5-13(12)10-22-19(25)14-8-18(24)23(11-14)15-6-7-16(20)17(21)9-15/h2-7,9,14H,8,10-11H2,1H3,(H,22,25). The molecule has 1 heterocycles. The van der Waals surface area contributed by atoms with E-state index in [2.05, 4.69) is 5.32 Å². The van der Waals surface area contributed by atoms with E-state index < -0.39 is 0 Å². The molecule has 3 rings (SSSR count). The number of aryl methyl sites for hydroxylation is 1. The van der Waals surface area contributed by atoms with Crippen LogP contribution in [0, 0.1) is 12.8 Å². The van der Waals surface area contributed by atoms with Crippen molar-refractivity contribution in [2.24, 2.45) is 5.92 Å². The quantitative estimate of drug-likeness (QED) is 0.877. The van der Waals surface area contributed by atoms with Gasteiger partial charge in [-0.1, -0.05) is 47.5 Å². The van der Waals surface area contributed by atoms with Gasteiger partial charge in [0.15, 0.2) is 0 Å². The molecule has 1 atom stereocenters. The van der Waals surface area contributed by atoms with Crippen molar-refractivity contribution in [2.75, 3.05) is 11.4 Å². The Labute approximate surface area is 156 Å². The Morgan fingerprint density at radius 3 is 2.68 bits per heavy atom. The monoisotopic (exact) mass is 376 g/mol. The lowest BCUT2D eigenvalue weighted by Gasteiger charge is -2.17. The minimum Gasteiger partial charge on any atom is -0.352 e. The molecule has 0 radical (unpaired) electrons. The zero-order valence-electron chi connectivity index (χ0n) is 13.8. The van der Waals surface area contributed by atoms with E-state index in [0.29, 0.717) is 28.8 Å². The maximum atomic E-state index is 12.4. The highest BCUT2D eigenvalue weighted by Gasteiger charge is 2.35. The van der Waals surface area contributed by atoms with Gasteiger partial charge in [-0.15, -0.1) is 0 Å². The maximum absolute atomic E-state index is 12.4. The minimum absolute atomic E-state index is 0.0885. The first-order valence-corrected chi connectivity index (χ1v) is 8.79. The second-order valence-electron chi connectivity index (χ2n) is 6.15. The van der Waals surface area contributed by atoms with Crippen molar-refractivity contribution in [3.63, 3.8) is 0 Å². The predicted octanol–water partition coefficient (Wildman–Crippen LogP) is 3.97. The molecule has 0 aliphatic carbocycles. The number of halogens is 2. The lowest BCUT2D eigenvalue weighted by atomic mass is 10.1. The lowest BCUT2D eigenvalue weighted by molar-refractivity contribution is -0.126. The molecular weight excluding hydrogens is 359 g/mol. The maximum Gasteiger partial charge on any atom is 0.227 e. The number of carbonyl (C=O) groups excluding carboxylic acids is 2. The highest BCUT2D eigenvalue weighted by Crippen LogP contribution is 2.31. The van der Waals surface area contributed by atoms with Gasteiger partial charge in [-0.05, 0) is 36.2 Å². The fraction of sp³-hybridized carbons (Fsp3) is 0.263. The van der Waals surface area contributed by atoms with Crippen LogP contribution in [0.4, 0.5) is 5.69 Å². The number of carbonyl (C=O) groups is 2. The van der Waals surface area contributed by atoms with E-state index in [9.17, 15) is 9.59 Å². The first-order valence-electron chi connectivity index (χ1n) is 8.03. The number of nitrogens with zero attached hydrogens (tertiary/aromatic N) is 1. The summed E-state index contributed by atoms with van der Waals surface area (Å²) in [5, 5.41) is 3.75. The van der Waals surface area contributed by atoms with Crippen LogP contribution in [-0.4, -0.2) is 18.4 Å². The summed E-state index contributed by atoms with van der Waals surface area (Å²) in [6.07, 6.45) is 0.194. The van der Waals surface area contributed by atoms with Crippen molar-refractivity contribution in [3.8, 4) is 0 Å². The number of nitrogens with one attached hydrogen (secondary N) is 1. The van der Waals surface area contributed by atoms with Crippen molar-refractivity contribution >= 4 is 40.7 Å². The molecule has 1 unspecified atom stereocenters. The normalized spacial score (nSPS) is 17.0. The molecule has 1 fully saturated rings. The molecule has 1 aliphatic heterocycles. The number of hydrogen-bond donors (Lipinski definition) is 1. The minimum atomic E-state index is -0.369. The van der Waals surface area contributed by atoms with Crippen LogP contribution in [-0.2, 0) is 16.1 Å². The highest BCUT2D eigenvalue weighted by molar-refractivity contribution is 6.42. The summed E-state index contributed by atoms with van der Waals surface area (Å²) >= 11 is 11.9. The molecule has 130 valence electrons. The zero-order valence-corrected chi connectivity index (χ0v) is 15.3. The number of benzene rings is 2. The van der Waals surface area contributed by atoms with Gasteiger partial charge in [0.2, 0.25) is 11.8 Å². The second-order valence-corrected chi connectivity index (χ2v) is 6.96. The average Bonchev–Trinajstić information content (AvgIpc) is 2.98. The fourth-order valence-electron chi connectivity index (χ4n) is 2.92. The molecule has 4 nitrogen and oxygen atoms in total. The zero-order chi connectivity index (χ0) is 18.0. The SMILES string of the molecule is Cc1ccccc1CNC(=O)C1CC(=O)N(c2ccc(Cl)c(Cl)c2)C1. The number of hydrogen-bond acceptors (Lipinski definition) is 2. The highest BCUT2D eigenvalue weighted by atomic mass is 35.5. The van der Waals surface area contributed by atoms with Crippen LogP contribution in [0.25, 0.3) is 0 Å². The first kappa shape index (κ1) is 17.8. The lowest BCUT2D eigenvalue weighted by Crippen LogP contribution is -2.32. The summed E-state index contributed by atoms with van der Waals surface area (Å²) in [5.41, 5.74) is 2.86. The Morgan fingerprint density at radius 1 is 1.20 bits per heavy atom. The van der Waals surface area contributed by atoms with E-state index in [1.807, 2.05) is 31.2 Å². The van der Waals surface area contributed by atoms with Gasteiger partial charge < -0.3 is 10.2 Å². The van der Waals surface area contributed by atoms with Gasteiger partial charge in [0, 0.05) is 25.2 Å². The molecular formula is C19H18Cl2N2O2. The smallest absolute Gasteiger partial charge is 0.227 e. The van der Waals surface area contributed by atoms with E-state index in [1.54, 1.807) is 23.1 Å². The molecule has 2 aromatic carbocycles. The van der Waals surface area contributed by atoms with Gasteiger partial charge in [-0.25, -0.2) is 0 Å². The van der Waals surface area contributed by atoms with Crippen LogP contribution in [0.1, 0.15) is 17.5 Å². The topological polar surface area (TPSA) is 49.4 Å². The Kier molecular flexibility index (Phi) is 5.30. The van der Waals surface area contributed by atoms with Crippen LogP contribution in [0.3, 0.4) is 0 Å². The molecule has 1 N–H and O–H groups in total. The summed E-state index contributed by atoms with van der Waals surface area (Å²) < 4.78 is 0. The molecule has 0 aromatic heterocycles. The third-order valence-electron chi connectivity index (χ3n) is 4.43. The van der Waals surface area contributed by atoms with Gasteiger partial charge in [0.1, 0.15) is 0 Å². The molecule has 0 spiro atoms. The largest absolute Gasteiger partial charge is 0.352 e. The Hall–Kier alpha value is -2.04. The van der Waals surface area contributed by atoms with E-state index >= 15 is 0 Å². The number of anilines is 1. The molecule has 2 aromatic rings. The predicted molar refractivity (Wildman–Crippen MR) is 99.9 cm³/mol. The summed E-state index contributed by atoms with van der Waals surface area (Å²) in [6.45, 7) is 2.81. The summed E-state index contributed by atoms with van der Waals surface area (Å²) in [4.78, 5) is 26.3. The van der Waals surface area contributed by atoms with Crippen LogP contribution < -0.4 is 10.2 Å². The third kappa shape index (κ3) is 3.97. The van der Waals surface area contributed by atoms with Crippen LogP contribution in [0.2, 0.25) is 10.0 Å². The van der Waals surface area contributed by atoms with Gasteiger partial charge in [-0.3, -0.25) is 9.59 Å². The van der Waals surface area contributed by atoms with E-state index in [4.69, 9.17) is 23.2 Å². The van der Waals surface area contributed by atoms with Gasteiger partial charge >= 0.3 is 0 Å². The Morgan fingerprint density at radius 2 is 1.96 bits per heavy atom. The second kappa shape index (κ2) is 7.46. The summed E-state index contributed by atoms with van der Waals surface area (Å²) in [6, 6.07) is 12.9. The van der Waals surface area contributed by atoms with E-state index in [-0.39, 0.29) is 24.2 Å². The first-order chi connectivity index (χ1) is 12.0. The molecule has 2 amide bonds. The fourth-order valence-corrected chi connectivity index (χ4v) is 3.21. The van der Waals surface area contributed by atoms with Crippen LogP contribution in [0.15, 0.2) is 42.5 Å². The van der Waals surface area contributed by atoms with Crippen molar-refractivity contribution in [1.29, 1.82) is 0 Å². The van der Waals surface area contributed by atoms with Gasteiger partial charge in [0.25, 0.3) is 0 Å². The molecule has 0 saturated carbocycles. The third-order valence-corrected chi connectivity index (χ3v) is 5.16.